The molecule has 6 nitrogen and oxygen atoms in total. The highest BCUT2D eigenvalue weighted by molar-refractivity contribution is 6.31. The van der Waals surface area contributed by atoms with Crippen LogP contribution in [0.4, 0.5) is 5.69 Å². The number of hydrogen-bond donors (Lipinski definition) is 2. The fourth-order valence-corrected chi connectivity index (χ4v) is 1.80. The smallest absolute Gasteiger partial charge is 0.271 e. The maximum absolute atomic E-state index is 11.6. The van der Waals surface area contributed by atoms with E-state index < -0.39 is 6.23 Å². The van der Waals surface area contributed by atoms with Gasteiger partial charge in [-0.25, -0.2) is 0 Å². The van der Waals surface area contributed by atoms with Crippen molar-refractivity contribution in [1.82, 2.24) is 9.78 Å². The van der Waals surface area contributed by atoms with Crippen LogP contribution in [0.5, 0.6) is 0 Å². The Hall–Kier alpha value is -1.11. The normalized spacial score (nSPS) is 24.9. The molecule has 0 aromatic carbocycles. The van der Waals surface area contributed by atoms with Crippen LogP contribution < -0.4 is 11.3 Å². The number of ether oxygens (including phenoxy) is 1. The van der Waals surface area contributed by atoms with Crippen molar-refractivity contribution in [3.63, 3.8) is 0 Å². The summed E-state index contributed by atoms with van der Waals surface area (Å²) in [5, 5.41) is 12.9. The van der Waals surface area contributed by atoms with E-state index in [1.54, 1.807) is 0 Å². The lowest BCUT2D eigenvalue weighted by atomic mass is 10.2. The Balaban J connectivity index is 2.28. The lowest BCUT2D eigenvalue weighted by Gasteiger charge is -2.14. The molecular formula is C9H12ClN3O3. The van der Waals surface area contributed by atoms with Crippen LogP contribution in [0.1, 0.15) is 19.1 Å². The zero-order valence-corrected chi connectivity index (χ0v) is 9.22. The third-order valence-corrected chi connectivity index (χ3v) is 2.79. The monoisotopic (exact) mass is 245 g/mol. The highest BCUT2D eigenvalue weighted by atomic mass is 35.5. The third-order valence-electron chi connectivity index (χ3n) is 2.50. The van der Waals surface area contributed by atoms with E-state index in [4.69, 9.17) is 27.2 Å². The quantitative estimate of drug-likeness (QED) is 0.774. The zero-order chi connectivity index (χ0) is 11.7. The van der Waals surface area contributed by atoms with Gasteiger partial charge in [-0.15, -0.1) is 0 Å². The molecule has 0 bridgehead atoms. The second-order valence-corrected chi connectivity index (χ2v) is 4.00. The summed E-state index contributed by atoms with van der Waals surface area (Å²) in [7, 11) is 0. The predicted molar refractivity (Wildman–Crippen MR) is 58.1 cm³/mol. The Labute approximate surface area is 96.6 Å². The van der Waals surface area contributed by atoms with Crippen LogP contribution in [0.2, 0.25) is 5.15 Å². The molecule has 1 aliphatic heterocycles. The fourth-order valence-electron chi connectivity index (χ4n) is 1.67. The van der Waals surface area contributed by atoms with Gasteiger partial charge in [0.05, 0.1) is 18.4 Å². The molecule has 0 saturated carbocycles. The van der Waals surface area contributed by atoms with Crippen molar-refractivity contribution in [2.45, 2.75) is 25.2 Å². The second kappa shape index (κ2) is 4.40. The minimum Gasteiger partial charge on any atom is -0.396 e. The largest absolute Gasteiger partial charge is 0.396 e. The molecule has 88 valence electrons. The summed E-state index contributed by atoms with van der Waals surface area (Å²) in [4.78, 5) is 11.6. The SMILES string of the molecule is Nc1cc(=O)n([C@H]2CC[C@@H](CO)O2)nc1Cl. The number of hydrogen-bond acceptors (Lipinski definition) is 5. The first-order valence-electron chi connectivity index (χ1n) is 4.93. The van der Waals surface area contributed by atoms with Crippen LogP contribution in [0, 0.1) is 0 Å². The van der Waals surface area contributed by atoms with Gasteiger partial charge in [-0.1, -0.05) is 11.6 Å². The lowest BCUT2D eigenvalue weighted by molar-refractivity contribution is -0.0304. The van der Waals surface area contributed by atoms with Crippen LogP contribution in [-0.2, 0) is 4.74 Å². The molecule has 7 heteroatoms. The topological polar surface area (TPSA) is 90.4 Å². The number of nitrogens with zero attached hydrogens (tertiary/aromatic N) is 2. The van der Waals surface area contributed by atoms with Crippen LogP contribution in [0.25, 0.3) is 0 Å². The van der Waals surface area contributed by atoms with Crippen molar-refractivity contribution in [1.29, 1.82) is 0 Å². The van der Waals surface area contributed by atoms with Crippen molar-refractivity contribution in [3.8, 4) is 0 Å². The molecule has 2 heterocycles. The molecule has 1 aliphatic rings. The summed E-state index contributed by atoms with van der Waals surface area (Å²) in [6, 6.07) is 1.21. The molecule has 1 saturated heterocycles. The highest BCUT2D eigenvalue weighted by Gasteiger charge is 2.27. The Morgan fingerprint density at radius 3 is 3.06 bits per heavy atom. The molecule has 0 aliphatic carbocycles. The van der Waals surface area contributed by atoms with Gasteiger partial charge in [-0.3, -0.25) is 4.79 Å². The van der Waals surface area contributed by atoms with Gasteiger partial charge in [-0.2, -0.15) is 9.78 Å². The van der Waals surface area contributed by atoms with E-state index in [1.807, 2.05) is 0 Å². The van der Waals surface area contributed by atoms with E-state index >= 15 is 0 Å². The minimum atomic E-state index is -0.470. The number of nitrogens with two attached hydrogens (primary N) is 1. The maximum Gasteiger partial charge on any atom is 0.271 e. The molecule has 0 radical (unpaired) electrons. The number of aliphatic hydroxyl groups excluding tert-OH is 1. The van der Waals surface area contributed by atoms with E-state index in [0.29, 0.717) is 12.8 Å². The summed E-state index contributed by atoms with van der Waals surface area (Å²) < 4.78 is 6.58. The minimum absolute atomic E-state index is 0.0616. The number of aliphatic hydroxyl groups is 1. The average molecular weight is 246 g/mol. The van der Waals surface area contributed by atoms with Crippen molar-refractivity contribution in [2.75, 3.05) is 12.3 Å². The number of rotatable bonds is 2. The van der Waals surface area contributed by atoms with Gasteiger partial charge in [0.25, 0.3) is 5.56 Å². The average Bonchev–Trinajstić information content (AvgIpc) is 2.71. The first-order valence-corrected chi connectivity index (χ1v) is 5.30. The van der Waals surface area contributed by atoms with E-state index in [2.05, 4.69) is 5.10 Å². The number of nitrogen functional groups attached to an aromatic ring is 1. The van der Waals surface area contributed by atoms with Crippen LogP contribution in [-0.4, -0.2) is 27.6 Å². The molecule has 3 N–H and O–H groups in total. The summed E-state index contributed by atoms with van der Waals surface area (Å²) in [5.41, 5.74) is 5.25. The number of anilines is 1. The highest BCUT2D eigenvalue weighted by Crippen LogP contribution is 2.26. The van der Waals surface area contributed by atoms with Gasteiger partial charge >= 0.3 is 0 Å². The standard InChI is InChI=1S/C9H12ClN3O3/c10-9-6(11)3-7(15)13(12-9)8-2-1-5(4-14)16-8/h3,5,8,14H,1-2,4,11H2/t5-,8+/m0/s1. The zero-order valence-electron chi connectivity index (χ0n) is 8.47. The van der Waals surface area contributed by atoms with Crippen molar-refractivity contribution < 1.29 is 9.84 Å². The fraction of sp³-hybridized carbons (Fsp3) is 0.556. The van der Waals surface area contributed by atoms with Gasteiger partial charge < -0.3 is 15.6 Å². The van der Waals surface area contributed by atoms with Gasteiger partial charge in [-0.05, 0) is 12.8 Å². The van der Waals surface area contributed by atoms with Crippen molar-refractivity contribution >= 4 is 17.3 Å². The van der Waals surface area contributed by atoms with E-state index in [0.717, 1.165) is 4.68 Å². The molecule has 16 heavy (non-hydrogen) atoms. The van der Waals surface area contributed by atoms with Crippen LogP contribution in [0.3, 0.4) is 0 Å². The van der Waals surface area contributed by atoms with Gasteiger partial charge in [0.2, 0.25) is 0 Å². The van der Waals surface area contributed by atoms with E-state index in [-0.39, 0.29) is 29.1 Å². The molecule has 2 atom stereocenters. The molecular weight excluding hydrogens is 234 g/mol. The number of halogens is 1. The summed E-state index contributed by atoms with van der Waals surface area (Å²) in [6.07, 6.45) is 0.605. The molecule has 0 amide bonds. The van der Waals surface area contributed by atoms with E-state index in [1.165, 1.54) is 6.07 Å². The Bertz CT molecular complexity index is 448. The molecule has 0 spiro atoms. The van der Waals surface area contributed by atoms with Crippen molar-refractivity contribution in [3.05, 3.63) is 21.6 Å². The van der Waals surface area contributed by atoms with Gasteiger partial charge in [0, 0.05) is 6.07 Å². The van der Waals surface area contributed by atoms with Crippen LogP contribution in [0.15, 0.2) is 10.9 Å². The van der Waals surface area contributed by atoms with Gasteiger partial charge in [0.1, 0.15) is 0 Å². The molecule has 0 unspecified atom stereocenters. The predicted octanol–water partition coefficient (Wildman–Crippen LogP) is 0.149. The lowest BCUT2D eigenvalue weighted by Crippen LogP contribution is -2.28. The third kappa shape index (κ3) is 2.04. The summed E-state index contributed by atoms with van der Waals surface area (Å²) >= 11 is 5.73. The molecule has 1 aromatic rings. The van der Waals surface area contributed by atoms with Crippen molar-refractivity contribution in [2.24, 2.45) is 0 Å². The second-order valence-electron chi connectivity index (χ2n) is 3.65. The van der Waals surface area contributed by atoms with Crippen LogP contribution >= 0.6 is 11.6 Å². The summed E-state index contributed by atoms with van der Waals surface area (Å²) in [5.74, 6) is 0. The summed E-state index contributed by atoms with van der Waals surface area (Å²) in [6.45, 7) is -0.0616. The Kier molecular flexibility index (Phi) is 3.13. The molecule has 1 fully saturated rings. The molecule has 1 aromatic heterocycles. The Morgan fingerprint density at radius 1 is 1.69 bits per heavy atom. The maximum atomic E-state index is 11.6. The number of aromatic nitrogens is 2. The molecule has 2 rings (SSSR count). The van der Waals surface area contributed by atoms with Gasteiger partial charge in [0.15, 0.2) is 11.4 Å². The first-order chi connectivity index (χ1) is 7.61. The first kappa shape index (κ1) is 11.4. The Morgan fingerprint density at radius 2 is 2.44 bits per heavy atom. The van der Waals surface area contributed by atoms with E-state index in [9.17, 15) is 4.79 Å².